The Balaban J connectivity index is 2.12. The summed E-state index contributed by atoms with van der Waals surface area (Å²) < 4.78 is 10.3. The third-order valence-corrected chi connectivity index (χ3v) is 3.07. The molecule has 0 saturated heterocycles. The van der Waals surface area contributed by atoms with Crippen LogP contribution < -0.4 is 5.32 Å². The van der Waals surface area contributed by atoms with Crippen molar-refractivity contribution in [3.05, 3.63) is 0 Å². The van der Waals surface area contributed by atoms with E-state index in [1.807, 2.05) is 0 Å². The predicted octanol–water partition coefficient (Wildman–Crippen LogP) is 1.34. The van der Waals surface area contributed by atoms with Gasteiger partial charge < -0.3 is 14.8 Å². The zero-order valence-electron chi connectivity index (χ0n) is 10.3. The molecule has 0 aromatic carbocycles. The molecule has 16 heavy (non-hydrogen) atoms. The first-order valence-electron chi connectivity index (χ1n) is 6.13. The molecule has 2 unspecified atom stereocenters. The summed E-state index contributed by atoms with van der Waals surface area (Å²) in [4.78, 5) is 11.5. The van der Waals surface area contributed by atoms with E-state index in [2.05, 4.69) is 12.2 Å². The van der Waals surface area contributed by atoms with Crippen LogP contribution in [-0.4, -0.2) is 38.9 Å². The minimum Gasteiger partial charge on any atom is -0.461 e. The van der Waals surface area contributed by atoms with E-state index in [4.69, 9.17) is 9.47 Å². The molecule has 1 aliphatic rings. The second kappa shape index (κ2) is 7.63. The van der Waals surface area contributed by atoms with E-state index in [1.165, 1.54) is 19.3 Å². The molecule has 94 valence electrons. The summed E-state index contributed by atoms with van der Waals surface area (Å²) in [5.74, 6) is 0.367. The second-order valence-electron chi connectivity index (χ2n) is 4.46. The third kappa shape index (κ3) is 4.94. The molecule has 0 spiro atoms. The van der Waals surface area contributed by atoms with E-state index in [0.29, 0.717) is 19.1 Å². The molecule has 4 heteroatoms. The fourth-order valence-electron chi connectivity index (χ4n) is 2.03. The molecule has 0 amide bonds. The molecule has 1 aliphatic carbocycles. The SMILES string of the molecule is COCCNCC(=O)OC1CCCCC1C. The Morgan fingerprint density at radius 3 is 2.81 bits per heavy atom. The Hall–Kier alpha value is -0.610. The summed E-state index contributed by atoms with van der Waals surface area (Å²) in [5.41, 5.74) is 0. The summed E-state index contributed by atoms with van der Waals surface area (Å²) in [7, 11) is 1.64. The van der Waals surface area contributed by atoms with Gasteiger partial charge in [-0.05, 0) is 25.2 Å². The summed E-state index contributed by atoms with van der Waals surface area (Å²) in [6.45, 7) is 3.75. The number of hydrogen-bond acceptors (Lipinski definition) is 4. The summed E-state index contributed by atoms with van der Waals surface area (Å²) in [6, 6.07) is 0. The van der Waals surface area contributed by atoms with Crippen molar-refractivity contribution in [1.29, 1.82) is 0 Å². The number of methoxy groups -OCH3 is 1. The Morgan fingerprint density at radius 2 is 2.12 bits per heavy atom. The van der Waals surface area contributed by atoms with Crippen molar-refractivity contribution in [2.45, 2.75) is 38.7 Å². The average molecular weight is 229 g/mol. The predicted molar refractivity (Wildman–Crippen MR) is 62.3 cm³/mol. The van der Waals surface area contributed by atoms with Crippen LogP contribution in [0.5, 0.6) is 0 Å². The molecule has 0 heterocycles. The Kier molecular flexibility index (Phi) is 6.42. The van der Waals surface area contributed by atoms with Crippen molar-refractivity contribution in [1.82, 2.24) is 5.32 Å². The lowest BCUT2D eigenvalue weighted by molar-refractivity contribution is -0.152. The topological polar surface area (TPSA) is 47.6 Å². The van der Waals surface area contributed by atoms with Gasteiger partial charge in [0.25, 0.3) is 0 Å². The molecule has 1 rings (SSSR count). The van der Waals surface area contributed by atoms with Crippen LogP contribution in [0, 0.1) is 5.92 Å². The van der Waals surface area contributed by atoms with Gasteiger partial charge in [0.05, 0.1) is 13.2 Å². The number of nitrogens with one attached hydrogen (secondary N) is 1. The lowest BCUT2D eigenvalue weighted by Crippen LogP contribution is -2.33. The minimum atomic E-state index is -0.144. The van der Waals surface area contributed by atoms with Gasteiger partial charge in [0.1, 0.15) is 6.10 Å². The van der Waals surface area contributed by atoms with Crippen molar-refractivity contribution in [3.63, 3.8) is 0 Å². The highest BCUT2D eigenvalue weighted by Crippen LogP contribution is 2.26. The maximum Gasteiger partial charge on any atom is 0.320 e. The molecule has 0 aromatic rings. The van der Waals surface area contributed by atoms with E-state index in [9.17, 15) is 4.79 Å². The van der Waals surface area contributed by atoms with Gasteiger partial charge in [0.2, 0.25) is 0 Å². The van der Waals surface area contributed by atoms with Crippen molar-refractivity contribution >= 4 is 5.97 Å². The smallest absolute Gasteiger partial charge is 0.320 e. The monoisotopic (exact) mass is 229 g/mol. The fraction of sp³-hybridized carbons (Fsp3) is 0.917. The second-order valence-corrected chi connectivity index (χ2v) is 4.46. The zero-order chi connectivity index (χ0) is 11.8. The van der Waals surface area contributed by atoms with Gasteiger partial charge in [0, 0.05) is 13.7 Å². The van der Waals surface area contributed by atoms with Crippen LogP contribution in [0.4, 0.5) is 0 Å². The molecule has 1 fully saturated rings. The molecular formula is C12H23NO3. The van der Waals surface area contributed by atoms with Gasteiger partial charge in [-0.25, -0.2) is 0 Å². The first kappa shape index (κ1) is 13.5. The number of carbonyl (C=O) groups excluding carboxylic acids is 1. The standard InChI is InChI=1S/C12H23NO3/c1-10-5-3-4-6-11(10)16-12(14)9-13-7-8-15-2/h10-11,13H,3-9H2,1-2H3. The van der Waals surface area contributed by atoms with Crippen LogP contribution in [0.2, 0.25) is 0 Å². The molecule has 2 atom stereocenters. The number of esters is 1. The van der Waals surface area contributed by atoms with Crippen LogP contribution in [0.3, 0.4) is 0 Å². The van der Waals surface area contributed by atoms with E-state index < -0.39 is 0 Å². The molecule has 1 N–H and O–H groups in total. The Labute approximate surface area is 97.7 Å². The molecule has 1 saturated carbocycles. The lowest BCUT2D eigenvalue weighted by Gasteiger charge is -2.28. The number of carbonyl (C=O) groups is 1. The Bertz CT molecular complexity index is 208. The first-order valence-corrected chi connectivity index (χ1v) is 6.13. The maximum absolute atomic E-state index is 11.5. The number of ether oxygens (including phenoxy) is 2. The van der Waals surface area contributed by atoms with E-state index in [1.54, 1.807) is 7.11 Å². The van der Waals surface area contributed by atoms with Crippen LogP contribution in [0.25, 0.3) is 0 Å². The van der Waals surface area contributed by atoms with Crippen molar-refractivity contribution in [2.75, 3.05) is 26.8 Å². The first-order chi connectivity index (χ1) is 7.74. The molecule has 4 nitrogen and oxygen atoms in total. The van der Waals surface area contributed by atoms with Crippen molar-refractivity contribution in [3.8, 4) is 0 Å². The van der Waals surface area contributed by atoms with Gasteiger partial charge in [0.15, 0.2) is 0 Å². The fourth-order valence-corrected chi connectivity index (χ4v) is 2.03. The largest absolute Gasteiger partial charge is 0.461 e. The summed E-state index contributed by atoms with van der Waals surface area (Å²) >= 11 is 0. The highest BCUT2D eigenvalue weighted by Gasteiger charge is 2.24. The van der Waals surface area contributed by atoms with Crippen LogP contribution in [-0.2, 0) is 14.3 Å². The number of rotatable bonds is 6. The molecule has 0 aliphatic heterocycles. The van der Waals surface area contributed by atoms with Gasteiger partial charge in [-0.2, -0.15) is 0 Å². The lowest BCUT2D eigenvalue weighted by atomic mass is 9.88. The van der Waals surface area contributed by atoms with Gasteiger partial charge in [-0.15, -0.1) is 0 Å². The van der Waals surface area contributed by atoms with Gasteiger partial charge in [-0.1, -0.05) is 13.3 Å². The minimum absolute atomic E-state index is 0.130. The van der Waals surface area contributed by atoms with Crippen molar-refractivity contribution < 1.29 is 14.3 Å². The van der Waals surface area contributed by atoms with Crippen molar-refractivity contribution in [2.24, 2.45) is 5.92 Å². The van der Waals surface area contributed by atoms with E-state index in [0.717, 1.165) is 6.42 Å². The average Bonchev–Trinajstić information content (AvgIpc) is 2.28. The molecular weight excluding hydrogens is 206 g/mol. The molecule has 0 bridgehead atoms. The van der Waals surface area contributed by atoms with Gasteiger partial charge in [-0.3, -0.25) is 4.79 Å². The van der Waals surface area contributed by atoms with E-state index in [-0.39, 0.29) is 18.6 Å². The maximum atomic E-state index is 11.5. The molecule has 0 radical (unpaired) electrons. The summed E-state index contributed by atoms with van der Waals surface area (Å²) in [6.07, 6.45) is 4.77. The van der Waals surface area contributed by atoms with Crippen LogP contribution in [0.15, 0.2) is 0 Å². The van der Waals surface area contributed by atoms with E-state index >= 15 is 0 Å². The number of hydrogen-bond donors (Lipinski definition) is 1. The highest BCUT2D eigenvalue weighted by atomic mass is 16.5. The third-order valence-electron chi connectivity index (χ3n) is 3.07. The quantitative estimate of drug-likeness (QED) is 0.551. The van der Waals surface area contributed by atoms with Crippen LogP contribution in [0.1, 0.15) is 32.6 Å². The summed E-state index contributed by atoms with van der Waals surface area (Å²) in [5, 5.41) is 2.99. The normalized spacial score (nSPS) is 25.4. The highest BCUT2D eigenvalue weighted by molar-refractivity contribution is 5.71. The zero-order valence-corrected chi connectivity index (χ0v) is 10.3. The van der Waals surface area contributed by atoms with Crippen LogP contribution >= 0.6 is 0 Å². The van der Waals surface area contributed by atoms with Gasteiger partial charge >= 0.3 is 5.97 Å². The molecule has 0 aromatic heterocycles. The Morgan fingerprint density at radius 1 is 1.38 bits per heavy atom.